The third-order valence-corrected chi connectivity index (χ3v) is 14.9. The largest absolute Gasteiger partial charge is 0.472 e. The van der Waals surface area contributed by atoms with Gasteiger partial charge in [0.05, 0.1) is 11.3 Å². The van der Waals surface area contributed by atoms with E-state index in [9.17, 15) is 49.9 Å². The first-order valence-corrected chi connectivity index (χ1v) is 21.8. The van der Waals surface area contributed by atoms with Crippen molar-refractivity contribution in [1.82, 2.24) is 24.8 Å². The van der Waals surface area contributed by atoms with Crippen molar-refractivity contribution in [3.8, 4) is 11.8 Å². The molecule has 0 unspecified atom stereocenters. The fraction of sp³-hybridized carbons (Fsp3) is 0.625. The molecule has 1 aromatic carbocycles. The van der Waals surface area contributed by atoms with E-state index >= 15 is 4.79 Å². The molecule has 61 heavy (non-hydrogen) atoms. The molecular weight excluding hydrogens is 857 g/mol. The Morgan fingerprint density at radius 3 is 2.46 bits per heavy atom. The Labute approximate surface area is 354 Å². The number of aromatic nitrogens is 1. The van der Waals surface area contributed by atoms with Crippen LogP contribution in [0.2, 0.25) is 5.02 Å². The molecule has 3 heterocycles. The molecule has 2 aromatic rings. The number of benzene rings is 1. The van der Waals surface area contributed by atoms with Crippen molar-refractivity contribution in [2.45, 2.75) is 126 Å². The minimum atomic E-state index is -5.16. The summed E-state index contributed by atoms with van der Waals surface area (Å²) in [5, 5.41) is 13.9. The number of carbonyl (C=O) groups is 4. The number of ether oxygens (including phenoxy) is 2. The van der Waals surface area contributed by atoms with Gasteiger partial charge in [-0.1, -0.05) is 43.7 Å². The maximum Gasteiger partial charge on any atom is 0.411 e. The van der Waals surface area contributed by atoms with E-state index in [-0.39, 0.29) is 57.6 Å². The molecular formula is C40H49ClF5N5O9S. The van der Waals surface area contributed by atoms with E-state index in [0.29, 0.717) is 39.5 Å². The van der Waals surface area contributed by atoms with Crippen LogP contribution in [0.5, 0.6) is 11.8 Å². The lowest BCUT2D eigenvalue weighted by Crippen LogP contribution is -2.66. The van der Waals surface area contributed by atoms with E-state index < -0.39 is 105 Å². The number of amides is 4. The third kappa shape index (κ3) is 9.20. The molecule has 2 aliphatic carbocycles. The van der Waals surface area contributed by atoms with Crippen molar-refractivity contribution < 1.29 is 64.1 Å². The first kappa shape index (κ1) is 46.1. The molecule has 3 fully saturated rings. The molecule has 4 aliphatic rings. The van der Waals surface area contributed by atoms with Gasteiger partial charge < -0.3 is 24.8 Å². The van der Waals surface area contributed by atoms with Crippen LogP contribution in [0.25, 0.3) is 10.8 Å². The van der Waals surface area contributed by atoms with Gasteiger partial charge in [-0.2, -0.15) is 18.2 Å². The summed E-state index contributed by atoms with van der Waals surface area (Å²) in [7, 11) is -4.18. The maximum atomic E-state index is 15.0. The van der Waals surface area contributed by atoms with Gasteiger partial charge in [-0.05, 0) is 83.3 Å². The highest BCUT2D eigenvalue weighted by molar-refractivity contribution is 7.91. The van der Waals surface area contributed by atoms with E-state index in [4.69, 9.17) is 21.1 Å². The number of carboxylic acid groups (broad SMARTS) is 1. The number of carbonyl (C=O) groups excluding carboxylic acids is 3. The smallest absolute Gasteiger partial charge is 0.411 e. The molecule has 2 saturated carbocycles. The van der Waals surface area contributed by atoms with Gasteiger partial charge in [-0.25, -0.2) is 22.0 Å². The number of pyridine rings is 1. The van der Waals surface area contributed by atoms with Gasteiger partial charge in [0.25, 0.3) is 12.3 Å². The zero-order valence-electron chi connectivity index (χ0n) is 34.1. The molecule has 4 amide bonds. The zero-order chi connectivity index (χ0) is 45.0. The van der Waals surface area contributed by atoms with Crippen molar-refractivity contribution in [3.63, 3.8) is 0 Å². The van der Waals surface area contributed by atoms with Crippen molar-refractivity contribution in [2.24, 2.45) is 17.8 Å². The molecule has 7 atom stereocenters. The molecule has 2 aliphatic heterocycles. The predicted molar refractivity (Wildman–Crippen MR) is 212 cm³/mol. The van der Waals surface area contributed by atoms with Crippen LogP contribution in [0.1, 0.15) is 79.6 Å². The second kappa shape index (κ2) is 16.7. The van der Waals surface area contributed by atoms with E-state index in [1.807, 2.05) is 0 Å². The van der Waals surface area contributed by atoms with Crippen LogP contribution in [-0.2, 0) is 24.4 Å². The number of halogens is 6. The molecule has 1 aromatic heterocycles. The summed E-state index contributed by atoms with van der Waals surface area (Å²) < 4.78 is 109. The maximum absolute atomic E-state index is 15.0. The van der Waals surface area contributed by atoms with E-state index in [1.165, 1.54) is 26.0 Å². The Kier molecular flexibility index (Phi) is 12.6. The van der Waals surface area contributed by atoms with Gasteiger partial charge >= 0.3 is 12.3 Å². The van der Waals surface area contributed by atoms with Crippen molar-refractivity contribution in [1.29, 1.82) is 0 Å². The highest BCUT2D eigenvalue weighted by Crippen LogP contribution is 2.48. The number of rotatable bonds is 10. The van der Waals surface area contributed by atoms with Gasteiger partial charge in [0, 0.05) is 34.2 Å². The van der Waals surface area contributed by atoms with E-state index in [1.54, 1.807) is 31.2 Å². The number of sulfonamides is 1. The monoisotopic (exact) mass is 905 g/mol. The van der Waals surface area contributed by atoms with Crippen LogP contribution in [0.3, 0.4) is 0 Å². The SMILES string of the molecule is C[C@H]1CC/C=C\[C@@H]2C[C@@]2(C(=O)NS(=O)(=O)C2(C)CC2)NC(=O)[C@@H]2C[C@@H](Oc3nc(OCC(F)F)cc4c(Cl)cccc34)CN2C(=O)[C@@H](N(C(=O)O)C(C)(C)C(F)(F)F)[C@H](C)C1. The third-order valence-electron chi connectivity index (χ3n) is 12.4. The average Bonchev–Trinajstić information content (AvgIpc) is 4.04. The highest BCUT2D eigenvalue weighted by Gasteiger charge is 2.64. The highest BCUT2D eigenvalue weighted by atomic mass is 35.5. The van der Waals surface area contributed by atoms with Crippen LogP contribution < -0.4 is 19.5 Å². The molecule has 1 saturated heterocycles. The number of hydrogen-bond acceptors (Lipinski definition) is 9. The Morgan fingerprint density at radius 2 is 1.84 bits per heavy atom. The molecule has 0 radical (unpaired) electrons. The Morgan fingerprint density at radius 1 is 1.15 bits per heavy atom. The first-order valence-electron chi connectivity index (χ1n) is 19.9. The minimum Gasteiger partial charge on any atom is -0.472 e. The van der Waals surface area contributed by atoms with Crippen molar-refractivity contribution in [3.05, 3.63) is 41.4 Å². The normalized spacial score (nSPS) is 28.8. The van der Waals surface area contributed by atoms with Crippen LogP contribution in [0.4, 0.5) is 26.7 Å². The quantitative estimate of drug-likeness (QED) is 0.177. The summed E-state index contributed by atoms with van der Waals surface area (Å²) in [5.74, 6) is -5.61. The average molecular weight is 906 g/mol. The van der Waals surface area contributed by atoms with Crippen molar-refractivity contribution >= 4 is 56.2 Å². The van der Waals surface area contributed by atoms with E-state index in [2.05, 4.69) is 15.0 Å². The van der Waals surface area contributed by atoms with E-state index in [0.717, 1.165) is 4.90 Å². The number of nitrogens with one attached hydrogen (secondary N) is 2. The molecule has 21 heteroatoms. The van der Waals surface area contributed by atoms with Crippen LogP contribution in [0, 0.1) is 17.8 Å². The van der Waals surface area contributed by atoms with Gasteiger partial charge in [-0.15, -0.1) is 0 Å². The summed E-state index contributed by atoms with van der Waals surface area (Å²) in [5.41, 5.74) is -4.90. The molecule has 14 nitrogen and oxygen atoms in total. The van der Waals surface area contributed by atoms with Gasteiger partial charge in [0.1, 0.15) is 29.3 Å². The molecule has 0 spiro atoms. The van der Waals surface area contributed by atoms with Crippen LogP contribution >= 0.6 is 11.6 Å². The standard InChI is InChI=1S/C40H49ClF5N5O9S/c1-21-9-6-7-10-23-18-39(23,35(54)49-61(57,58)38(5)13-14-38)48-32(52)28-16-24(60-33-25-11-8-12-27(41)26(25)17-30(47-33)59-20-29(42)43)19-50(28)34(53)31(22(2)15-21)51(36(55)56)37(3,4)40(44,45)46/h7-8,10-12,17,21-24,28-29,31H,6,9,13-16,18-20H2,1-5H3,(H,48,52)(H,49,54)(H,55,56)/b10-7-/t21-,22+,23+,24+,28-,31-,39+/m0/s1. The predicted octanol–water partition coefficient (Wildman–Crippen LogP) is 6.46. The zero-order valence-corrected chi connectivity index (χ0v) is 35.7. The Balaban J connectivity index is 1.44. The second-order valence-electron chi connectivity index (χ2n) is 17.4. The molecule has 336 valence electrons. The number of nitrogens with zero attached hydrogens (tertiary/aromatic N) is 3. The lowest BCUT2D eigenvalue weighted by molar-refractivity contribution is -0.222. The number of alkyl halides is 5. The second-order valence-corrected chi connectivity index (χ2v) is 20.0. The number of hydrogen-bond donors (Lipinski definition) is 3. The van der Waals surface area contributed by atoms with Crippen LogP contribution in [0.15, 0.2) is 36.4 Å². The summed E-state index contributed by atoms with van der Waals surface area (Å²) in [6, 6.07) is 2.33. The number of fused-ring (bicyclic) bond motifs is 3. The Hall–Kier alpha value is -4.46. The fourth-order valence-electron chi connectivity index (χ4n) is 8.24. The van der Waals surface area contributed by atoms with Crippen LogP contribution in [-0.4, -0.2) is 112 Å². The lowest BCUT2D eigenvalue weighted by Gasteiger charge is -2.45. The van der Waals surface area contributed by atoms with Gasteiger partial charge in [0.15, 0.2) is 6.61 Å². The molecule has 6 rings (SSSR count). The fourth-order valence-corrected chi connectivity index (χ4v) is 9.78. The van der Waals surface area contributed by atoms with Crippen molar-refractivity contribution in [2.75, 3.05) is 13.2 Å². The first-order chi connectivity index (χ1) is 28.3. The summed E-state index contributed by atoms with van der Waals surface area (Å²) in [6.07, 6.45) is -6.62. The number of allylic oxidation sites excluding steroid dienone is 1. The summed E-state index contributed by atoms with van der Waals surface area (Å²) in [4.78, 5) is 61.8. The molecule has 3 N–H and O–H groups in total. The Bertz CT molecular complexity index is 2210. The summed E-state index contributed by atoms with van der Waals surface area (Å²) >= 11 is 6.43. The topological polar surface area (TPSA) is 185 Å². The minimum absolute atomic E-state index is 0.0161. The van der Waals surface area contributed by atoms with Gasteiger partial charge in [0.2, 0.25) is 33.6 Å². The van der Waals surface area contributed by atoms with Gasteiger partial charge in [-0.3, -0.25) is 24.0 Å². The lowest BCUT2D eigenvalue weighted by atomic mass is 9.85. The summed E-state index contributed by atoms with van der Waals surface area (Å²) in [6.45, 7) is 4.48. The molecule has 0 bridgehead atoms.